The van der Waals surface area contributed by atoms with Crippen LogP contribution in [0.3, 0.4) is 0 Å². The van der Waals surface area contributed by atoms with E-state index in [1.54, 1.807) is 11.3 Å². The molecule has 1 aromatic rings. The average Bonchev–Trinajstić information content (AvgIpc) is 2.57. The zero-order valence-electron chi connectivity index (χ0n) is 10.9. The summed E-state index contributed by atoms with van der Waals surface area (Å²) in [5.74, 6) is 0.186. The molecule has 3 nitrogen and oxygen atoms in total. The van der Waals surface area contributed by atoms with E-state index in [4.69, 9.17) is 0 Å². The number of hydrogen-bond donors (Lipinski definition) is 1. The van der Waals surface area contributed by atoms with Gasteiger partial charge in [-0.05, 0) is 39.3 Å². The fraction of sp³-hybridized carbons (Fsp3) is 0.615. The minimum atomic E-state index is 0.186. The Morgan fingerprint density at radius 2 is 1.94 bits per heavy atom. The first-order chi connectivity index (χ1) is 7.97. The Labute approximate surface area is 107 Å². The number of thiophene rings is 1. The third-order valence-electron chi connectivity index (χ3n) is 3.22. The van der Waals surface area contributed by atoms with E-state index in [1.807, 2.05) is 11.0 Å². The van der Waals surface area contributed by atoms with E-state index >= 15 is 0 Å². The second-order valence-electron chi connectivity index (χ2n) is 5.03. The van der Waals surface area contributed by atoms with Crippen molar-refractivity contribution in [2.24, 2.45) is 0 Å². The number of carbonyl (C=O) groups is 1. The summed E-state index contributed by atoms with van der Waals surface area (Å²) in [6.07, 6.45) is 0. The van der Waals surface area contributed by atoms with Gasteiger partial charge in [0.15, 0.2) is 0 Å². The molecule has 4 heteroatoms. The van der Waals surface area contributed by atoms with Crippen LogP contribution in [0.15, 0.2) is 6.07 Å². The summed E-state index contributed by atoms with van der Waals surface area (Å²) in [7, 11) is 0. The van der Waals surface area contributed by atoms with Gasteiger partial charge in [-0.25, -0.2) is 0 Å². The first kappa shape index (κ1) is 12.6. The monoisotopic (exact) mass is 252 g/mol. The second-order valence-corrected chi connectivity index (χ2v) is 6.29. The third kappa shape index (κ3) is 2.69. The summed E-state index contributed by atoms with van der Waals surface area (Å²) in [4.78, 5) is 16.5. The Balaban J connectivity index is 2.14. The maximum Gasteiger partial charge on any atom is 0.264 e. The van der Waals surface area contributed by atoms with Crippen molar-refractivity contribution < 1.29 is 4.79 Å². The molecule has 0 saturated carbocycles. The molecule has 0 aliphatic carbocycles. The standard InChI is InChI=1S/C13H20N2OS/c1-8-5-12(17-11(8)4)13(16)15-6-9(2)14-10(3)7-15/h5,9-10,14H,6-7H2,1-4H3/t9-,10-/m0/s1. The van der Waals surface area contributed by atoms with Gasteiger partial charge in [-0.3, -0.25) is 4.79 Å². The molecule has 0 aromatic carbocycles. The highest BCUT2D eigenvalue weighted by molar-refractivity contribution is 7.14. The molecule has 2 rings (SSSR count). The molecule has 1 fully saturated rings. The van der Waals surface area contributed by atoms with Crippen LogP contribution in [-0.4, -0.2) is 36.0 Å². The maximum absolute atomic E-state index is 12.4. The minimum absolute atomic E-state index is 0.186. The summed E-state index contributed by atoms with van der Waals surface area (Å²) >= 11 is 1.61. The molecule has 1 N–H and O–H groups in total. The van der Waals surface area contributed by atoms with E-state index in [-0.39, 0.29) is 5.91 Å². The van der Waals surface area contributed by atoms with Crippen LogP contribution >= 0.6 is 11.3 Å². The lowest BCUT2D eigenvalue weighted by Gasteiger charge is -2.35. The zero-order chi connectivity index (χ0) is 12.6. The first-order valence-corrected chi connectivity index (χ1v) is 6.91. The third-order valence-corrected chi connectivity index (χ3v) is 4.36. The molecular weight excluding hydrogens is 232 g/mol. The molecule has 2 heterocycles. The van der Waals surface area contributed by atoms with Gasteiger partial charge in [-0.15, -0.1) is 11.3 Å². The van der Waals surface area contributed by atoms with Gasteiger partial charge >= 0.3 is 0 Å². The van der Waals surface area contributed by atoms with E-state index in [0.717, 1.165) is 18.0 Å². The van der Waals surface area contributed by atoms with Gasteiger partial charge in [0, 0.05) is 30.1 Å². The van der Waals surface area contributed by atoms with Crippen LogP contribution in [0.1, 0.15) is 34.0 Å². The van der Waals surface area contributed by atoms with Crippen LogP contribution in [0, 0.1) is 13.8 Å². The first-order valence-electron chi connectivity index (χ1n) is 6.09. The lowest BCUT2D eigenvalue weighted by molar-refractivity contribution is 0.0678. The van der Waals surface area contributed by atoms with E-state index < -0.39 is 0 Å². The Bertz CT molecular complexity index is 398. The molecule has 1 amide bonds. The highest BCUT2D eigenvalue weighted by Crippen LogP contribution is 2.22. The molecule has 0 spiro atoms. The van der Waals surface area contributed by atoms with E-state index in [9.17, 15) is 4.79 Å². The lowest BCUT2D eigenvalue weighted by Crippen LogP contribution is -2.55. The van der Waals surface area contributed by atoms with Crippen molar-refractivity contribution in [3.8, 4) is 0 Å². The fourth-order valence-corrected chi connectivity index (χ4v) is 3.33. The van der Waals surface area contributed by atoms with Gasteiger partial charge in [0.05, 0.1) is 4.88 Å². The molecule has 1 aliphatic rings. The Hall–Kier alpha value is -0.870. The van der Waals surface area contributed by atoms with Crippen molar-refractivity contribution in [1.29, 1.82) is 0 Å². The summed E-state index contributed by atoms with van der Waals surface area (Å²) in [6.45, 7) is 9.99. The van der Waals surface area contributed by atoms with Crippen LogP contribution in [0.25, 0.3) is 0 Å². The number of hydrogen-bond acceptors (Lipinski definition) is 3. The highest BCUT2D eigenvalue weighted by atomic mass is 32.1. The summed E-state index contributed by atoms with van der Waals surface area (Å²) in [5.41, 5.74) is 1.22. The second kappa shape index (κ2) is 4.78. The zero-order valence-corrected chi connectivity index (χ0v) is 11.7. The number of nitrogens with zero attached hydrogens (tertiary/aromatic N) is 1. The number of rotatable bonds is 1. The molecule has 1 saturated heterocycles. The van der Waals surface area contributed by atoms with Gasteiger partial charge < -0.3 is 10.2 Å². The van der Waals surface area contributed by atoms with Crippen LogP contribution in [0.5, 0.6) is 0 Å². The molecule has 94 valence electrons. The van der Waals surface area contributed by atoms with E-state index in [2.05, 4.69) is 33.0 Å². The Morgan fingerprint density at radius 1 is 1.35 bits per heavy atom. The SMILES string of the molecule is Cc1cc(C(=O)N2C[C@H](C)N[C@@H](C)C2)sc1C. The molecule has 2 atom stereocenters. The smallest absolute Gasteiger partial charge is 0.264 e. The Kier molecular flexibility index (Phi) is 3.54. The number of carbonyl (C=O) groups excluding carboxylic acids is 1. The van der Waals surface area contributed by atoms with E-state index in [1.165, 1.54) is 10.4 Å². The van der Waals surface area contributed by atoms with Crippen molar-refractivity contribution in [1.82, 2.24) is 10.2 Å². The number of piperazine rings is 1. The van der Waals surface area contributed by atoms with Gasteiger partial charge in [-0.1, -0.05) is 0 Å². The predicted octanol–water partition coefficient (Wildman–Crippen LogP) is 2.19. The topological polar surface area (TPSA) is 32.3 Å². The number of amides is 1. The van der Waals surface area contributed by atoms with Gasteiger partial charge in [0.2, 0.25) is 0 Å². The quantitative estimate of drug-likeness (QED) is 0.831. The minimum Gasteiger partial charge on any atom is -0.335 e. The summed E-state index contributed by atoms with van der Waals surface area (Å²) in [6, 6.07) is 2.77. The van der Waals surface area contributed by atoms with Gasteiger partial charge in [0.1, 0.15) is 0 Å². The molecule has 0 unspecified atom stereocenters. The van der Waals surface area contributed by atoms with Gasteiger partial charge in [0.25, 0.3) is 5.91 Å². The molecule has 0 radical (unpaired) electrons. The predicted molar refractivity (Wildman–Crippen MR) is 71.8 cm³/mol. The fourth-order valence-electron chi connectivity index (χ4n) is 2.33. The largest absolute Gasteiger partial charge is 0.335 e. The van der Waals surface area contributed by atoms with Crippen molar-refractivity contribution >= 4 is 17.2 Å². The molecule has 17 heavy (non-hydrogen) atoms. The van der Waals surface area contributed by atoms with E-state index in [0.29, 0.717) is 12.1 Å². The van der Waals surface area contributed by atoms with Crippen molar-refractivity contribution in [2.75, 3.05) is 13.1 Å². The highest BCUT2D eigenvalue weighted by Gasteiger charge is 2.26. The van der Waals surface area contributed by atoms with Crippen molar-refractivity contribution in [3.05, 3.63) is 21.4 Å². The van der Waals surface area contributed by atoms with Crippen LogP contribution < -0.4 is 5.32 Å². The molecule has 0 bridgehead atoms. The van der Waals surface area contributed by atoms with Crippen LogP contribution in [-0.2, 0) is 0 Å². The van der Waals surface area contributed by atoms with Crippen molar-refractivity contribution in [3.63, 3.8) is 0 Å². The average molecular weight is 252 g/mol. The number of nitrogens with one attached hydrogen (secondary N) is 1. The van der Waals surface area contributed by atoms with Crippen LogP contribution in [0.2, 0.25) is 0 Å². The summed E-state index contributed by atoms with van der Waals surface area (Å²) < 4.78 is 0. The lowest BCUT2D eigenvalue weighted by atomic mass is 10.1. The van der Waals surface area contributed by atoms with Crippen LogP contribution in [0.4, 0.5) is 0 Å². The van der Waals surface area contributed by atoms with Gasteiger partial charge in [-0.2, -0.15) is 0 Å². The van der Waals surface area contributed by atoms with Crippen molar-refractivity contribution in [2.45, 2.75) is 39.8 Å². The molecule has 1 aromatic heterocycles. The Morgan fingerprint density at radius 3 is 2.41 bits per heavy atom. The molecule has 1 aliphatic heterocycles. The number of aryl methyl sites for hydroxylation is 2. The summed E-state index contributed by atoms with van der Waals surface area (Å²) in [5, 5.41) is 3.44. The normalized spacial score (nSPS) is 25.1. The molecular formula is C13H20N2OS. The maximum atomic E-state index is 12.4.